The Morgan fingerprint density at radius 2 is 2.06 bits per heavy atom. The molecule has 1 atom stereocenters. The molecule has 0 fully saturated rings. The molecule has 0 aromatic heterocycles. The fourth-order valence-corrected chi connectivity index (χ4v) is 1.91. The number of benzene rings is 1. The van der Waals surface area contributed by atoms with Crippen LogP contribution in [0.5, 0.6) is 0 Å². The van der Waals surface area contributed by atoms with Crippen molar-refractivity contribution in [2.75, 3.05) is 5.32 Å². The lowest BCUT2D eigenvalue weighted by molar-refractivity contribution is -0.136. The van der Waals surface area contributed by atoms with Crippen molar-refractivity contribution in [2.24, 2.45) is 0 Å². The number of hydrogen-bond acceptors (Lipinski definition) is 2. The maximum absolute atomic E-state index is 12.1. The quantitative estimate of drug-likeness (QED) is 0.913. The molecule has 1 rings (SSSR count). The van der Waals surface area contributed by atoms with Crippen LogP contribution < -0.4 is 5.32 Å². The van der Waals surface area contributed by atoms with Crippen LogP contribution in [-0.4, -0.2) is 12.2 Å². The van der Waals surface area contributed by atoms with Crippen LogP contribution in [0.3, 0.4) is 0 Å². The minimum atomic E-state index is -4.20. The van der Waals surface area contributed by atoms with E-state index in [1.165, 1.54) is 13.0 Å². The van der Waals surface area contributed by atoms with Crippen LogP contribution in [0.25, 0.3) is 0 Å². The first-order valence-corrected chi connectivity index (χ1v) is 5.63. The van der Waals surface area contributed by atoms with Gasteiger partial charge in [0.2, 0.25) is 0 Å². The third-order valence-corrected chi connectivity index (χ3v) is 2.44. The van der Waals surface area contributed by atoms with Crippen LogP contribution in [0.1, 0.15) is 18.9 Å². The molecule has 0 amide bonds. The van der Waals surface area contributed by atoms with Gasteiger partial charge in [-0.25, -0.2) is 0 Å². The van der Waals surface area contributed by atoms with Crippen molar-refractivity contribution in [2.45, 2.75) is 25.6 Å². The van der Waals surface area contributed by atoms with E-state index in [0.29, 0.717) is 15.7 Å². The summed E-state index contributed by atoms with van der Waals surface area (Å²) in [5.74, 6) is 0. The van der Waals surface area contributed by atoms with Gasteiger partial charge in [0.05, 0.1) is 18.1 Å². The Hall–Kier alpha value is -1.22. The highest BCUT2D eigenvalue weighted by atomic mass is 79.9. The topological polar surface area (TPSA) is 35.8 Å². The molecule has 1 aromatic rings. The molecule has 1 unspecified atom stereocenters. The van der Waals surface area contributed by atoms with Crippen LogP contribution in [0.4, 0.5) is 18.9 Å². The Kier molecular flexibility index (Phi) is 4.40. The van der Waals surface area contributed by atoms with E-state index in [1.807, 2.05) is 6.07 Å². The molecule has 0 radical (unpaired) electrons. The Balaban J connectivity index is 2.75. The maximum Gasteiger partial charge on any atom is 0.391 e. The number of alkyl halides is 3. The summed E-state index contributed by atoms with van der Waals surface area (Å²) in [7, 11) is 0. The molecule has 0 bridgehead atoms. The number of anilines is 1. The second-order valence-electron chi connectivity index (χ2n) is 3.71. The van der Waals surface area contributed by atoms with Gasteiger partial charge in [0.1, 0.15) is 0 Å². The average molecular weight is 307 g/mol. The van der Waals surface area contributed by atoms with Gasteiger partial charge in [-0.05, 0) is 25.1 Å². The van der Waals surface area contributed by atoms with Gasteiger partial charge in [0, 0.05) is 16.2 Å². The van der Waals surface area contributed by atoms with Gasteiger partial charge in [-0.2, -0.15) is 18.4 Å². The van der Waals surface area contributed by atoms with Crippen LogP contribution in [0.15, 0.2) is 22.7 Å². The lowest BCUT2D eigenvalue weighted by Gasteiger charge is -2.17. The predicted octanol–water partition coefficient (Wildman–Crippen LogP) is 4.07. The van der Waals surface area contributed by atoms with Crippen molar-refractivity contribution in [3.8, 4) is 6.07 Å². The zero-order valence-corrected chi connectivity index (χ0v) is 10.6. The first-order valence-electron chi connectivity index (χ1n) is 4.84. The van der Waals surface area contributed by atoms with Crippen molar-refractivity contribution in [1.29, 1.82) is 5.26 Å². The second kappa shape index (κ2) is 5.41. The Bertz CT molecular complexity index is 437. The monoisotopic (exact) mass is 306 g/mol. The molecule has 2 nitrogen and oxygen atoms in total. The number of rotatable bonds is 3. The Morgan fingerprint density at radius 3 is 2.59 bits per heavy atom. The maximum atomic E-state index is 12.1. The number of nitrogens with zero attached hydrogens (tertiary/aromatic N) is 1. The fraction of sp³-hybridized carbons (Fsp3) is 0.364. The zero-order chi connectivity index (χ0) is 13.1. The van der Waals surface area contributed by atoms with Gasteiger partial charge in [-0.3, -0.25) is 0 Å². The summed E-state index contributed by atoms with van der Waals surface area (Å²) in [6, 6.07) is 5.94. The summed E-state index contributed by atoms with van der Waals surface area (Å²) in [6.07, 6.45) is -5.11. The van der Waals surface area contributed by atoms with E-state index in [0.717, 1.165) is 0 Å². The SMILES string of the molecule is CC(CC(F)(F)F)Nc1cc(Br)cc(C#N)c1. The minimum absolute atomic E-state index is 0.390. The molecule has 0 aliphatic heterocycles. The first-order chi connectivity index (χ1) is 7.80. The third-order valence-electron chi connectivity index (χ3n) is 1.98. The van der Waals surface area contributed by atoms with Gasteiger partial charge in [-0.1, -0.05) is 15.9 Å². The number of halogens is 4. The zero-order valence-electron chi connectivity index (χ0n) is 8.98. The lowest BCUT2D eigenvalue weighted by atomic mass is 10.2. The summed E-state index contributed by atoms with van der Waals surface area (Å²) >= 11 is 3.19. The van der Waals surface area contributed by atoms with Gasteiger partial charge in [0.15, 0.2) is 0 Å². The number of nitriles is 1. The first kappa shape index (κ1) is 13.8. The number of hydrogen-bond donors (Lipinski definition) is 1. The Morgan fingerprint density at radius 1 is 1.41 bits per heavy atom. The van der Waals surface area contributed by atoms with Gasteiger partial charge >= 0.3 is 6.18 Å². The van der Waals surface area contributed by atoms with E-state index < -0.39 is 18.6 Å². The molecule has 6 heteroatoms. The molecule has 92 valence electrons. The second-order valence-corrected chi connectivity index (χ2v) is 4.62. The van der Waals surface area contributed by atoms with Crippen molar-refractivity contribution in [3.63, 3.8) is 0 Å². The molecule has 1 N–H and O–H groups in total. The van der Waals surface area contributed by atoms with E-state index in [2.05, 4.69) is 21.2 Å². The summed E-state index contributed by atoms with van der Waals surface area (Å²) < 4.78 is 37.0. The van der Waals surface area contributed by atoms with Gasteiger partial charge in [0.25, 0.3) is 0 Å². The molecular formula is C11H10BrF3N2. The van der Waals surface area contributed by atoms with Crippen molar-refractivity contribution in [1.82, 2.24) is 0 Å². The summed E-state index contributed by atoms with van der Waals surface area (Å²) in [5.41, 5.74) is 0.883. The van der Waals surface area contributed by atoms with Crippen LogP contribution in [0, 0.1) is 11.3 Å². The van der Waals surface area contributed by atoms with Crippen LogP contribution in [-0.2, 0) is 0 Å². The third kappa shape index (κ3) is 5.09. The highest BCUT2D eigenvalue weighted by Gasteiger charge is 2.29. The van der Waals surface area contributed by atoms with Crippen LogP contribution in [0.2, 0.25) is 0 Å². The summed E-state index contributed by atoms with van der Waals surface area (Å²) in [6.45, 7) is 1.44. The van der Waals surface area contributed by atoms with E-state index >= 15 is 0 Å². The molecule has 0 heterocycles. The van der Waals surface area contributed by atoms with Crippen molar-refractivity contribution < 1.29 is 13.2 Å². The smallest absolute Gasteiger partial charge is 0.382 e. The molecular weight excluding hydrogens is 297 g/mol. The largest absolute Gasteiger partial charge is 0.391 e. The standard InChI is InChI=1S/C11H10BrF3N2/c1-7(5-11(13,14)15)17-10-3-8(6-16)2-9(12)4-10/h2-4,7,17H,5H2,1H3. The van der Waals surface area contributed by atoms with E-state index in [4.69, 9.17) is 5.26 Å². The number of nitrogens with one attached hydrogen (secondary N) is 1. The summed E-state index contributed by atoms with van der Waals surface area (Å²) in [5, 5.41) is 11.4. The van der Waals surface area contributed by atoms with Crippen LogP contribution >= 0.6 is 15.9 Å². The molecule has 0 saturated heterocycles. The Labute approximate surface area is 106 Å². The average Bonchev–Trinajstić information content (AvgIpc) is 2.13. The lowest BCUT2D eigenvalue weighted by Crippen LogP contribution is -2.23. The van der Waals surface area contributed by atoms with E-state index in [9.17, 15) is 13.2 Å². The fourth-order valence-electron chi connectivity index (χ4n) is 1.42. The predicted molar refractivity (Wildman–Crippen MR) is 62.6 cm³/mol. The van der Waals surface area contributed by atoms with Gasteiger partial charge < -0.3 is 5.32 Å². The molecule has 17 heavy (non-hydrogen) atoms. The van der Waals surface area contributed by atoms with Crippen molar-refractivity contribution >= 4 is 21.6 Å². The minimum Gasteiger partial charge on any atom is -0.382 e. The molecule has 0 spiro atoms. The van der Waals surface area contributed by atoms with E-state index in [-0.39, 0.29) is 0 Å². The molecule has 0 aliphatic rings. The van der Waals surface area contributed by atoms with Crippen molar-refractivity contribution in [3.05, 3.63) is 28.2 Å². The molecule has 0 saturated carbocycles. The highest BCUT2D eigenvalue weighted by molar-refractivity contribution is 9.10. The molecule has 0 aliphatic carbocycles. The molecule has 1 aromatic carbocycles. The normalized spacial score (nSPS) is 12.9. The van der Waals surface area contributed by atoms with Gasteiger partial charge in [-0.15, -0.1) is 0 Å². The van der Waals surface area contributed by atoms with E-state index in [1.54, 1.807) is 12.1 Å². The highest BCUT2D eigenvalue weighted by Crippen LogP contribution is 2.25. The summed E-state index contributed by atoms with van der Waals surface area (Å²) in [4.78, 5) is 0.